The molecule has 0 saturated carbocycles. The highest BCUT2D eigenvalue weighted by atomic mass is 16.5. The minimum Gasteiger partial charge on any atom is -0.508 e. The van der Waals surface area contributed by atoms with Crippen LogP contribution in [0.4, 0.5) is 0 Å². The van der Waals surface area contributed by atoms with Crippen LogP contribution in [0.2, 0.25) is 0 Å². The first-order chi connectivity index (χ1) is 16.6. The quantitative estimate of drug-likeness (QED) is 0.506. The molecule has 1 unspecified atom stereocenters. The third-order valence-electron chi connectivity index (χ3n) is 8.05. The van der Waals surface area contributed by atoms with Gasteiger partial charge in [-0.25, -0.2) is 0 Å². The Morgan fingerprint density at radius 1 is 1.06 bits per heavy atom. The van der Waals surface area contributed by atoms with Crippen molar-refractivity contribution in [1.29, 1.82) is 0 Å². The van der Waals surface area contributed by atoms with Crippen LogP contribution < -0.4 is 4.74 Å². The van der Waals surface area contributed by atoms with Crippen molar-refractivity contribution < 1.29 is 14.6 Å². The minimum absolute atomic E-state index is 0.000998. The number of unbranched alkanes of at least 4 members (excludes halogenated alkanes) is 1. The number of aromatic hydroxyl groups is 1. The lowest BCUT2D eigenvalue weighted by Gasteiger charge is -2.36. The Balaban J connectivity index is 1.42. The summed E-state index contributed by atoms with van der Waals surface area (Å²) in [6, 6.07) is 13.8. The van der Waals surface area contributed by atoms with Crippen molar-refractivity contribution in [1.82, 2.24) is 4.90 Å². The lowest BCUT2D eigenvalue weighted by atomic mass is 9.66. The van der Waals surface area contributed by atoms with E-state index in [-0.39, 0.29) is 11.2 Å². The number of piperidine rings is 1. The first-order valence-corrected chi connectivity index (χ1v) is 13.2. The van der Waals surface area contributed by atoms with Gasteiger partial charge in [0, 0.05) is 24.0 Å². The molecule has 4 heteroatoms. The summed E-state index contributed by atoms with van der Waals surface area (Å²) in [5.74, 6) is 1.41. The van der Waals surface area contributed by atoms with Gasteiger partial charge in [0.05, 0.1) is 0 Å². The number of rotatable bonds is 8. The summed E-state index contributed by atoms with van der Waals surface area (Å²) < 4.78 is 6.04. The number of ketones is 1. The third-order valence-corrected chi connectivity index (χ3v) is 8.05. The average Bonchev–Trinajstić information content (AvgIpc) is 3.18. The van der Waals surface area contributed by atoms with Crippen molar-refractivity contribution in [2.24, 2.45) is 5.41 Å². The van der Waals surface area contributed by atoms with Crippen LogP contribution >= 0.6 is 0 Å². The van der Waals surface area contributed by atoms with Crippen LogP contribution in [0.25, 0.3) is 11.1 Å². The summed E-state index contributed by atoms with van der Waals surface area (Å²) in [5.41, 5.74) is 5.41. The van der Waals surface area contributed by atoms with Crippen LogP contribution in [-0.2, 0) is 11.2 Å². The Hall–Kier alpha value is -2.59. The Bertz CT molecular complexity index is 1060. The summed E-state index contributed by atoms with van der Waals surface area (Å²) in [6.07, 6.45) is 9.72. The molecule has 0 radical (unpaired) electrons. The van der Waals surface area contributed by atoms with Crippen LogP contribution in [0, 0.1) is 5.41 Å². The van der Waals surface area contributed by atoms with Crippen molar-refractivity contribution in [2.75, 3.05) is 26.2 Å². The Labute approximate surface area is 203 Å². The number of hydrogen-bond donors (Lipinski definition) is 1. The highest BCUT2D eigenvalue weighted by Crippen LogP contribution is 2.58. The number of ether oxygens (including phenoxy) is 1. The van der Waals surface area contributed by atoms with Crippen molar-refractivity contribution in [3.63, 3.8) is 0 Å². The standard InChI is InChI=1S/C30H37NO3/c1-2-3-14-30-15-13-27(33)28(29(30)26-12-9-24(32)20-23(26)21-30)22-7-10-25(11-8-22)34-19-18-31-16-5-4-6-17-31/h7-12,20,32H,2-6,13-19,21H2,1H3. The normalized spacial score (nSPS) is 22.6. The summed E-state index contributed by atoms with van der Waals surface area (Å²) in [4.78, 5) is 15.8. The number of carbonyl (C=O) groups is 1. The predicted molar refractivity (Wildman–Crippen MR) is 137 cm³/mol. The number of Topliss-reactive ketones (excluding diaryl/α,β-unsaturated/α-hetero) is 1. The zero-order valence-corrected chi connectivity index (χ0v) is 20.4. The summed E-state index contributed by atoms with van der Waals surface area (Å²) in [7, 11) is 0. The van der Waals surface area contributed by atoms with Gasteiger partial charge in [-0.3, -0.25) is 9.69 Å². The molecule has 34 heavy (non-hydrogen) atoms. The molecule has 1 saturated heterocycles. The van der Waals surface area contributed by atoms with E-state index in [1.165, 1.54) is 43.5 Å². The second-order valence-electron chi connectivity index (χ2n) is 10.4. The van der Waals surface area contributed by atoms with Crippen LogP contribution in [0.1, 0.15) is 75.0 Å². The highest BCUT2D eigenvalue weighted by molar-refractivity contribution is 6.30. The summed E-state index contributed by atoms with van der Waals surface area (Å²) >= 11 is 0. The number of likely N-dealkylation sites (tertiary alicyclic amines) is 1. The van der Waals surface area contributed by atoms with Gasteiger partial charge in [0.1, 0.15) is 18.1 Å². The molecule has 3 aliphatic rings. The molecule has 1 heterocycles. The molecule has 0 amide bonds. The van der Waals surface area contributed by atoms with Gasteiger partial charge in [-0.05, 0) is 91.7 Å². The number of benzene rings is 2. The van der Waals surface area contributed by atoms with Gasteiger partial charge in [0.25, 0.3) is 0 Å². The minimum atomic E-state index is -0.000998. The van der Waals surface area contributed by atoms with E-state index in [1.54, 1.807) is 6.07 Å². The van der Waals surface area contributed by atoms with E-state index in [0.29, 0.717) is 18.8 Å². The van der Waals surface area contributed by atoms with E-state index in [2.05, 4.69) is 24.0 Å². The van der Waals surface area contributed by atoms with Crippen LogP contribution in [-0.4, -0.2) is 42.0 Å². The molecule has 2 aliphatic carbocycles. The lowest BCUT2D eigenvalue weighted by molar-refractivity contribution is -0.114. The molecule has 0 spiro atoms. The van der Waals surface area contributed by atoms with Gasteiger partial charge < -0.3 is 9.84 Å². The molecule has 1 fully saturated rings. The van der Waals surface area contributed by atoms with E-state index >= 15 is 0 Å². The zero-order chi connectivity index (χ0) is 23.5. The number of hydrogen-bond acceptors (Lipinski definition) is 4. The summed E-state index contributed by atoms with van der Waals surface area (Å²) in [5, 5.41) is 10.1. The maximum Gasteiger partial charge on any atom is 0.163 e. The third kappa shape index (κ3) is 4.53. The van der Waals surface area contributed by atoms with E-state index in [4.69, 9.17) is 4.74 Å². The second kappa shape index (κ2) is 9.95. The largest absolute Gasteiger partial charge is 0.508 e. The van der Waals surface area contributed by atoms with Crippen LogP contribution in [0.15, 0.2) is 42.5 Å². The number of carbonyl (C=O) groups excluding carboxylic acids is 1. The van der Waals surface area contributed by atoms with Gasteiger partial charge in [-0.15, -0.1) is 0 Å². The van der Waals surface area contributed by atoms with E-state index in [9.17, 15) is 9.90 Å². The number of allylic oxidation sites excluding steroid dienone is 2. The molecule has 2 aromatic rings. The second-order valence-corrected chi connectivity index (χ2v) is 10.4. The predicted octanol–water partition coefficient (Wildman–Crippen LogP) is 6.26. The molecule has 2 aromatic carbocycles. The molecule has 0 aromatic heterocycles. The molecule has 1 aliphatic heterocycles. The van der Waals surface area contributed by atoms with Gasteiger partial charge >= 0.3 is 0 Å². The number of phenols is 1. The topological polar surface area (TPSA) is 49.8 Å². The van der Waals surface area contributed by atoms with E-state index in [0.717, 1.165) is 61.1 Å². The molecule has 5 rings (SSSR count). The van der Waals surface area contributed by atoms with Crippen LogP contribution in [0.5, 0.6) is 11.5 Å². The smallest absolute Gasteiger partial charge is 0.163 e. The molecular formula is C30H37NO3. The van der Waals surface area contributed by atoms with Crippen molar-refractivity contribution in [3.05, 3.63) is 59.2 Å². The fourth-order valence-corrected chi connectivity index (χ4v) is 6.29. The maximum atomic E-state index is 13.3. The van der Waals surface area contributed by atoms with E-state index < -0.39 is 0 Å². The first-order valence-electron chi connectivity index (χ1n) is 13.2. The summed E-state index contributed by atoms with van der Waals surface area (Å²) in [6.45, 7) is 6.26. The average molecular weight is 460 g/mol. The molecule has 1 atom stereocenters. The number of fused-ring (bicyclic) bond motifs is 3. The fourth-order valence-electron chi connectivity index (χ4n) is 6.29. The number of phenolic OH excluding ortho intramolecular Hbond substituents is 1. The van der Waals surface area contributed by atoms with Crippen molar-refractivity contribution in [3.8, 4) is 11.5 Å². The molecular weight excluding hydrogens is 422 g/mol. The monoisotopic (exact) mass is 459 g/mol. The molecule has 180 valence electrons. The number of nitrogens with zero attached hydrogens (tertiary/aromatic N) is 1. The SMILES string of the molecule is CCCCC12CCC(=O)C(c3ccc(OCCN4CCCCC4)cc3)=C1c1ccc(O)cc1C2. The fraction of sp³-hybridized carbons (Fsp3) is 0.500. The van der Waals surface area contributed by atoms with Gasteiger partial charge in [0.15, 0.2) is 5.78 Å². The van der Waals surface area contributed by atoms with Crippen LogP contribution in [0.3, 0.4) is 0 Å². The first kappa shape index (κ1) is 23.2. The van der Waals surface area contributed by atoms with Gasteiger partial charge in [-0.2, -0.15) is 0 Å². The Morgan fingerprint density at radius 2 is 1.85 bits per heavy atom. The lowest BCUT2D eigenvalue weighted by Crippen LogP contribution is -2.33. The van der Waals surface area contributed by atoms with Crippen molar-refractivity contribution >= 4 is 16.9 Å². The molecule has 0 bridgehead atoms. The molecule has 4 nitrogen and oxygen atoms in total. The van der Waals surface area contributed by atoms with Gasteiger partial charge in [0.2, 0.25) is 0 Å². The Morgan fingerprint density at radius 3 is 2.62 bits per heavy atom. The molecule has 1 N–H and O–H groups in total. The van der Waals surface area contributed by atoms with E-state index in [1.807, 2.05) is 24.3 Å². The zero-order valence-electron chi connectivity index (χ0n) is 20.4. The Kier molecular flexibility index (Phi) is 6.78. The van der Waals surface area contributed by atoms with Gasteiger partial charge in [-0.1, -0.05) is 44.4 Å². The maximum absolute atomic E-state index is 13.3. The van der Waals surface area contributed by atoms with Crippen molar-refractivity contribution in [2.45, 2.75) is 64.7 Å². The highest BCUT2D eigenvalue weighted by Gasteiger charge is 2.46.